The summed E-state index contributed by atoms with van der Waals surface area (Å²) in [7, 11) is 0. The van der Waals surface area contributed by atoms with Crippen molar-refractivity contribution in [1.29, 1.82) is 0 Å². The van der Waals surface area contributed by atoms with Gasteiger partial charge < -0.3 is 5.32 Å². The molecule has 7 heteroatoms. The summed E-state index contributed by atoms with van der Waals surface area (Å²) in [6.45, 7) is 3.67. The average molecular weight is 412 g/mol. The largest absolute Gasteiger partial charge is 0.326 e. The topological polar surface area (TPSA) is 61.8 Å². The number of anilines is 1. The number of carbonyl (C=O) groups is 2. The van der Waals surface area contributed by atoms with Crippen molar-refractivity contribution in [3.05, 3.63) is 59.4 Å². The van der Waals surface area contributed by atoms with E-state index in [1.54, 1.807) is 24.0 Å². The predicted octanol–water partition coefficient (Wildman–Crippen LogP) is 4.57. The minimum absolute atomic E-state index is 0.0713. The lowest BCUT2D eigenvalue weighted by Crippen LogP contribution is -2.35. The fourth-order valence-corrected chi connectivity index (χ4v) is 4.36. The highest BCUT2D eigenvalue weighted by molar-refractivity contribution is 8.15. The summed E-state index contributed by atoms with van der Waals surface area (Å²) in [5.41, 5.74) is 2.84. The van der Waals surface area contributed by atoms with Crippen LogP contribution in [0.15, 0.2) is 47.5 Å². The molecule has 150 valence electrons. The van der Waals surface area contributed by atoms with Gasteiger partial charge in [0.15, 0.2) is 5.17 Å². The van der Waals surface area contributed by atoms with Crippen molar-refractivity contribution >= 4 is 40.1 Å². The molecule has 0 bridgehead atoms. The van der Waals surface area contributed by atoms with E-state index < -0.39 is 5.25 Å². The number of nitrogens with zero attached hydrogens (tertiary/aromatic N) is 2. The zero-order chi connectivity index (χ0) is 20.5. The number of carbonyl (C=O) groups excluding carboxylic acids is 2. The summed E-state index contributed by atoms with van der Waals surface area (Å²) >= 11 is 1.28. The van der Waals surface area contributed by atoms with Gasteiger partial charge in [-0.3, -0.25) is 14.5 Å². The third-order valence-corrected chi connectivity index (χ3v) is 6.12. The zero-order valence-electron chi connectivity index (χ0n) is 16.3. The van der Waals surface area contributed by atoms with Gasteiger partial charge >= 0.3 is 0 Å². The van der Waals surface area contributed by atoms with Gasteiger partial charge in [-0.15, -0.1) is 0 Å². The molecule has 2 fully saturated rings. The number of amides is 2. The number of rotatable bonds is 5. The molecular formula is C22H22FN3O2S. The third kappa shape index (κ3) is 4.50. The van der Waals surface area contributed by atoms with Gasteiger partial charge in [0.1, 0.15) is 11.1 Å². The highest BCUT2D eigenvalue weighted by atomic mass is 32.2. The van der Waals surface area contributed by atoms with Crippen molar-refractivity contribution in [2.75, 3.05) is 5.32 Å². The first-order valence-electron chi connectivity index (χ1n) is 9.62. The minimum atomic E-state index is -0.518. The van der Waals surface area contributed by atoms with Crippen molar-refractivity contribution in [1.82, 2.24) is 4.90 Å². The van der Waals surface area contributed by atoms with Crippen LogP contribution in [0.3, 0.4) is 0 Å². The second kappa shape index (κ2) is 7.99. The van der Waals surface area contributed by atoms with E-state index in [0.717, 1.165) is 18.4 Å². The van der Waals surface area contributed by atoms with Crippen molar-refractivity contribution in [2.45, 2.75) is 44.4 Å². The van der Waals surface area contributed by atoms with E-state index >= 15 is 0 Å². The SMILES string of the molecule is Cc1ccc(NC(=O)C[C@H]2SC(=Nc3ccc(C)c(F)c3)N(C3CC3)C2=O)cc1. The van der Waals surface area contributed by atoms with Crippen LogP contribution < -0.4 is 5.32 Å². The van der Waals surface area contributed by atoms with Gasteiger partial charge in [0.2, 0.25) is 11.8 Å². The van der Waals surface area contributed by atoms with E-state index in [1.165, 1.54) is 17.8 Å². The van der Waals surface area contributed by atoms with Crippen molar-refractivity contribution in [3.63, 3.8) is 0 Å². The van der Waals surface area contributed by atoms with Crippen LogP contribution in [0, 0.1) is 19.7 Å². The standard InChI is InChI=1S/C22H22FN3O2S/c1-13-3-6-15(7-4-13)24-20(27)12-19-21(28)26(17-9-10-17)22(29-19)25-16-8-5-14(2)18(23)11-16/h3-8,11,17,19H,9-10,12H2,1-2H3,(H,24,27)/t19-/m1/s1. The van der Waals surface area contributed by atoms with Gasteiger partial charge in [-0.05, 0) is 56.5 Å². The normalized spacial score (nSPS) is 20.4. The number of hydrogen-bond donors (Lipinski definition) is 1. The minimum Gasteiger partial charge on any atom is -0.326 e. The summed E-state index contributed by atoms with van der Waals surface area (Å²) in [4.78, 5) is 31.6. The molecule has 0 unspecified atom stereocenters. The average Bonchev–Trinajstić information content (AvgIpc) is 3.46. The molecule has 0 spiro atoms. The molecule has 1 saturated heterocycles. The Kier molecular flexibility index (Phi) is 5.41. The Hall–Kier alpha value is -2.67. The molecule has 1 saturated carbocycles. The molecule has 1 heterocycles. The van der Waals surface area contributed by atoms with E-state index in [-0.39, 0.29) is 30.1 Å². The fraction of sp³-hybridized carbons (Fsp3) is 0.318. The maximum atomic E-state index is 13.9. The van der Waals surface area contributed by atoms with Crippen molar-refractivity contribution in [2.24, 2.45) is 4.99 Å². The Labute approximate surface area is 173 Å². The Morgan fingerprint density at radius 2 is 1.93 bits per heavy atom. The second-order valence-corrected chi connectivity index (χ2v) is 8.66. The van der Waals surface area contributed by atoms with Crippen LogP contribution in [-0.2, 0) is 9.59 Å². The second-order valence-electron chi connectivity index (χ2n) is 7.49. The van der Waals surface area contributed by atoms with Gasteiger partial charge in [-0.25, -0.2) is 9.38 Å². The molecule has 29 heavy (non-hydrogen) atoms. The molecule has 5 nitrogen and oxygen atoms in total. The molecule has 1 N–H and O–H groups in total. The maximum absolute atomic E-state index is 13.9. The molecular weight excluding hydrogens is 389 g/mol. The highest BCUT2D eigenvalue weighted by Crippen LogP contribution is 2.39. The van der Waals surface area contributed by atoms with E-state index in [2.05, 4.69) is 10.3 Å². The zero-order valence-corrected chi connectivity index (χ0v) is 17.1. The number of aliphatic imine (C=N–C) groups is 1. The summed E-state index contributed by atoms with van der Waals surface area (Å²) in [5.74, 6) is -0.630. The molecule has 2 aliphatic rings. The first-order valence-corrected chi connectivity index (χ1v) is 10.5. The number of nitrogens with one attached hydrogen (secondary N) is 1. The van der Waals surface area contributed by atoms with Crippen LogP contribution in [-0.4, -0.2) is 33.2 Å². The molecule has 2 amide bonds. The highest BCUT2D eigenvalue weighted by Gasteiger charge is 2.46. The maximum Gasteiger partial charge on any atom is 0.242 e. The molecule has 0 aromatic heterocycles. The summed E-state index contributed by atoms with van der Waals surface area (Å²) < 4.78 is 13.9. The molecule has 1 atom stereocenters. The first-order chi connectivity index (χ1) is 13.9. The summed E-state index contributed by atoms with van der Waals surface area (Å²) in [6, 6.07) is 12.4. The van der Waals surface area contributed by atoms with Crippen LogP contribution >= 0.6 is 11.8 Å². The first kappa shape index (κ1) is 19.6. The lowest BCUT2D eigenvalue weighted by molar-refractivity contribution is -0.128. The number of benzene rings is 2. The number of halogens is 1. The van der Waals surface area contributed by atoms with Crippen LogP contribution in [0.1, 0.15) is 30.4 Å². The lowest BCUT2D eigenvalue weighted by atomic mass is 10.2. The van der Waals surface area contributed by atoms with Crippen molar-refractivity contribution < 1.29 is 14.0 Å². The van der Waals surface area contributed by atoms with E-state index in [4.69, 9.17) is 0 Å². The van der Waals surface area contributed by atoms with E-state index in [0.29, 0.717) is 22.1 Å². The number of aryl methyl sites for hydroxylation is 2. The number of thioether (sulfide) groups is 1. The summed E-state index contributed by atoms with van der Waals surface area (Å²) in [5, 5.41) is 2.87. The monoisotopic (exact) mass is 411 g/mol. The Morgan fingerprint density at radius 3 is 2.59 bits per heavy atom. The van der Waals surface area contributed by atoms with Crippen LogP contribution in [0.5, 0.6) is 0 Å². The molecule has 4 rings (SSSR count). The predicted molar refractivity (Wildman–Crippen MR) is 114 cm³/mol. The van der Waals surface area contributed by atoms with Gasteiger partial charge in [0.25, 0.3) is 0 Å². The molecule has 0 radical (unpaired) electrons. The van der Waals surface area contributed by atoms with Crippen LogP contribution in [0.25, 0.3) is 0 Å². The van der Waals surface area contributed by atoms with Crippen LogP contribution in [0.2, 0.25) is 0 Å². The Morgan fingerprint density at radius 1 is 1.21 bits per heavy atom. The fourth-order valence-electron chi connectivity index (χ4n) is 3.14. The number of hydrogen-bond acceptors (Lipinski definition) is 4. The smallest absolute Gasteiger partial charge is 0.242 e. The van der Waals surface area contributed by atoms with Crippen LogP contribution in [0.4, 0.5) is 15.8 Å². The van der Waals surface area contributed by atoms with Gasteiger partial charge in [0, 0.05) is 18.2 Å². The van der Waals surface area contributed by atoms with Gasteiger partial charge in [-0.2, -0.15) is 0 Å². The van der Waals surface area contributed by atoms with E-state index in [1.807, 2.05) is 31.2 Å². The lowest BCUT2D eigenvalue weighted by Gasteiger charge is -2.15. The van der Waals surface area contributed by atoms with Gasteiger partial charge in [0.05, 0.1) is 5.69 Å². The quantitative estimate of drug-likeness (QED) is 0.784. The Balaban J connectivity index is 1.49. The molecule has 1 aliphatic heterocycles. The third-order valence-electron chi connectivity index (χ3n) is 4.96. The van der Waals surface area contributed by atoms with Crippen molar-refractivity contribution in [3.8, 4) is 0 Å². The molecule has 1 aliphatic carbocycles. The van der Waals surface area contributed by atoms with E-state index in [9.17, 15) is 14.0 Å². The number of amidine groups is 1. The molecule has 2 aromatic rings. The Bertz CT molecular complexity index is 986. The van der Waals surface area contributed by atoms with Gasteiger partial charge in [-0.1, -0.05) is 35.5 Å². The summed E-state index contributed by atoms with van der Waals surface area (Å²) in [6.07, 6.45) is 1.92. The molecule has 2 aromatic carbocycles.